The minimum Gasteiger partial charge on any atom is -0.379 e. The third-order valence-corrected chi connectivity index (χ3v) is 4.47. The van der Waals surface area contributed by atoms with Crippen molar-refractivity contribution in [1.29, 1.82) is 0 Å². The standard InChI is InChI=1S/C20H43NO/c1-3-4-5-6-7-8-9-10-11-12-13-14-15-16-17-18-19-21-20(2)22/h20-22H,3-19H2,1-2H3. The van der Waals surface area contributed by atoms with Crippen molar-refractivity contribution in [2.24, 2.45) is 0 Å². The van der Waals surface area contributed by atoms with Crippen molar-refractivity contribution in [3.05, 3.63) is 0 Å². The molecule has 0 aromatic heterocycles. The molecule has 0 amide bonds. The van der Waals surface area contributed by atoms with E-state index in [1.807, 2.05) is 0 Å². The molecule has 0 aliphatic rings. The summed E-state index contributed by atoms with van der Waals surface area (Å²) in [5.41, 5.74) is 0. The van der Waals surface area contributed by atoms with Gasteiger partial charge >= 0.3 is 0 Å². The first-order valence-electron chi connectivity index (χ1n) is 10.2. The van der Waals surface area contributed by atoms with Crippen LogP contribution in [0.4, 0.5) is 0 Å². The van der Waals surface area contributed by atoms with Crippen LogP contribution in [0.2, 0.25) is 0 Å². The monoisotopic (exact) mass is 313 g/mol. The van der Waals surface area contributed by atoms with Gasteiger partial charge in [-0.1, -0.05) is 103 Å². The third kappa shape index (κ3) is 19.9. The van der Waals surface area contributed by atoms with Gasteiger partial charge in [-0.25, -0.2) is 0 Å². The first-order chi connectivity index (χ1) is 10.8. The fourth-order valence-electron chi connectivity index (χ4n) is 2.98. The van der Waals surface area contributed by atoms with E-state index in [4.69, 9.17) is 5.11 Å². The van der Waals surface area contributed by atoms with E-state index in [2.05, 4.69) is 12.2 Å². The summed E-state index contributed by atoms with van der Waals surface area (Å²) in [5, 5.41) is 12.1. The Labute approximate surface area is 140 Å². The predicted octanol–water partition coefficient (Wildman–Crippen LogP) is 6.18. The Bertz CT molecular complexity index is 194. The topological polar surface area (TPSA) is 32.3 Å². The van der Waals surface area contributed by atoms with Gasteiger partial charge < -0.3 is 5.11 Å². The normalized spacial score (nSPS) is 12.7. The van der Waals surface area contributed by atoms with Crippen LogP contribution in [0.5, 0.6) is 0 Å². The second-order valence-electron chi connectivity index (χ2n) is 6.93. The van der Waals surface area contributed by atoms with Crippen molar-refractivity contribution in [2.45, 2.75) is 123 Å². The quantitative estimate of drug-likeness (QED) is 0.234. The molecule has 0 heterocycles. The fourth-order valence-corrected chi connectivity index (χ4v) is 2.98. The first kappa shape index (κ1) is 21.9. The Morgan fingerprint density at radius 2 is 0.909 bits per heavy atom. The molecule has 134 valence electrons. The van der Waals surface area contributed by atoms with Crippen LogP contribution < -0.4 is 5.32 Å². The van der Waals surface area contributed by atoms with Crippen LogP contribution in [0.25, 0.3) is 0 Å². The SMILES string of the molecule is CCCCCCCCCCCCCCCCCCNC(C)O. The van der Waals surface area contributed by atoms with Crippen molar-refractivity contribution in [3.63, 3.8) is 0 Å². The number of aliphatic hydroxyl groups excluding tert-OH is 1. The second-order valence-corrected chi connectivity index (χ2v) is 6.93. The summed E-state index contributed by atoms with van der Waals surface area (Å²) in [4.78, 5) is 0. The summed E-state index contributed by atoms with van der Waals surface area (Å²) in [6.07, 6.45) is 22.2. The first-order valence-corrected chi connectivity index (χ1v) is 10.2. The van der Waals surface area contributed by atoms with E-state index >= 15 is 0 Å². The van der Waals surface area contributed by atoms with Crippen LogP contribution in [0.15, 0.2) is 0 Å². The summed E-state index contributed by atoms with van der Waals surface area (Å²) in [6.45, 7) is 5.03. The lowest BCUT2D eigenvalue weighted by molar-refractivity contribution is 0.156. The largest absolute Gasteiger partial charge is 0.379 e. The molecule has 0 rings (SSSR count). The Hall–Kier alpha value is -0.0800. The molecule has 0 spiro atoms. The van der Waals surface area contributed by atoms with E-state index < -0.39 is 0 Å². The minimum atomic E-state index is -0.351. The smallest absolute Gasteiger partial charge is 0.102 e. The highest BCUT2D eigenvalue weighted by Crippen LogP contribution is 2.13. The van der Waals surface area contributed by atoms with Gasteiger partial charge in [0, 0.05) is 0 Å². The maximum absolute atomic E-state index is 9.07. The molecule has 0 radical (unpaired) electrons. The van der Waals surface area contributed by atoms with Gasteiger partial charge in [0.1, 0.15) is 6.23 Å². The highest BCUT2D eigenvalue weighted by molar-refractivity contribution is 4.51. The van der Waals surface area contributed by atoms with Crippen molar-refractivity contribution >= 4 is 0 Å². The maximum atomic E-state index is 9.07. The zero-order valence-electron chi connectivity index (χ0n) is 15.5. The van der Waals surface area contributed by atoms with E-state index in [-0.39, 0.29) is 6.23 Å². The predicted molar refractivity (Wildman–Crippen MR) is 99.2 cm³/mol. The lowest BCUT2D eigenvalue weighted by Crippen LogP contribution is -2.26. The number of nitrogens with one attached hydrogen (secondary N) is 1. The van der Waals surface area contributed by atoms with E-state index in [9.17, 15) is 0 Å². The average molecular weight is 314 g/mol. The zero-order chi connectivity index (χ0) is 16.3. The van der Waals surface area contributed by atoms with Gasteiger partial charge in [-0.15, -0.1) is 0 Å². The molecule has 0 aromatic rings. The molecule has 22 heavy (non-hydrogen) atoms. The number of aliphatic hydroxyl groups is 1. The molecule has 2 N–H and O–H groups in total. The number of unbranched alkanes of at least 4 members (excludes halogenated alkanes) is 15. The number of hydrogen-bond acceptors (Lipinski definition) is 2. The molecule has 0 bridgehead atoms. The Kier molecular flexibility index (Phi) is 18.9. The van der Waals surface area contributed by atoms with Gasteiger partial charge in [-0.3, -0.25) is 5.32 Å². The van der Waals surface area contributed by atoms with Gasteiger partial charge in [-0.2, -0.15) is 0 Å². The molecule has 0 saturated carbocycles. The van der Waals surface area contributed by atoms with Gasteiger partial charge in [0.15, 0.2) is 0 Å². The van der Waals surface area contributed by atoms with E-state index in [1.54, 1.807) is 6.92 Å². The Morgan fingerprint density at radius 1 is 0.591 bits per heavy atom. The summed E-state index contributed by atoms with van der Waals surface area (Å²) in [7, 11) is 0. The molecular weight excluding hydrogens is 270 g/mol. The maximum Gasteiger partial charge on any atom is 0.102 e. The molecule has 2 nitrogen and oxygen atoms in total. The lowest BCUT2D eigenvalue weighted by atomic mass is 10.0. The number of hydrogen-bond donors (Lipinski definition) is 2. The van der Waals surface area contributed by atoms with Crippen LogP contribution in [0, 0.1) is 0 Å². The van der Waals surface area contributed by atoms with Gasteiger partial charge in [-0.05, 0) is 19.9 Å². The molecule has 1 atom stereocenters. The fraction of sp³-hybridized carbons (Fsp3) is 1.00. The highest BCUT2D eigenvalue weighted by atomic mass is 16.3. The summed E-state index contributed by atoms with van der Waals surface area (Å²) >= 11 is 0. The second kappa shape index (κ2) is 19.0. The van der Waals surface area contributed by atoms with Crippen molar-refractivity contribution in [1.82, 2.24) is 5.32 Å². The summed E-state index contributed by atoms with van der Waals surface area (Å²) in [5.74, 6) is 0. The van der Waals surface area contributed by atoms with Crippen LogP contribution in [0.3, 0.4) is 0 Å². The van der Waals surface area contributed by atoms with Crippen LogP contribution >= 0.6 is 0 Å². The molecule has 0 fully saturated rings. The van der Waals surface area contributed by atoms with Crippen LogP contribution in [0.1, 0.15) is 117 Å². The Morgan fingerprint density at radius 3 is 1.23 bits per heavy atom. The van der Waals surface area contributed by atoms with Crippen molar-refractivity contribution in [3.8, 4) is 0 Å². The third-order valence-electron chi connectivity index (χ3n) is 4.47. The zero-order valence-corrected chi connectivity index (χ0v) is 15.5. The van der Waals surface area contributed by atoms with Crippen LogP contribution in [-0.4, -0.2) is 17.9 Å². The van der Waals surface area contributed by atoms with Crippen molar-refractivity contribution in [2.75, 3.05) is 6.54 Å². The molecular formula is C20H43NO. The van der Waals surface area contributed by atoms with E-state index in [1.165, 1.54) is 103 Å². The highest BCUT2D eigenvalue weighted by Gasteiger charge is 1.95. The van der Waals surface area contributed by atoms with E-state index in [0.717, 1.165) is 6.54 Å². The van der Waals surface area contributed by atoms with Gasteiger partial charge in [0.05, 0.1) is 0 Å². The summed E-state index contributed by atoms with van der Waals surface area (Å²) in [6, 6.07) is 0. The summed E-state index contributed by atoms with van der Waals surface area (Å²) < 4.78 is 0. The minimum absolute atomic E-state index is 0.351. The van der Waals surface area contributed by atoms with Gasteiger partial charge in [0.25, 0.3) is 0 Å². The average Bonchev–Trinajstić information content (AvgIpc) is 2.50. The molecule has 1 unspecified atom stereocenters. The molecule has 0 saturated heterocycles. The van der Waals surface area contributed by atoms with Crippen molar-refractivity contribution < 1.29 is 5.11 Å². The molecule has 0 aliphatic carbocycles. The Balaban J connectivity index is 2.94. The number of rotatable bonds is 18. The van der Waals surface area contributed by atoms with Crippen LogP contribution in [-0.2, 0) is 0 Å². The molecule has 0 aliphatic heterocycles. The van der Waals surface area contributed by atoms with Gasteiger partial charge in [0.2, 0.25) is 0 Å². The van der Waals surface area contributed by atoms with E-state index in [0.29, 0.717) is 0 Å². The molecule has 0 aromatic carbocycles. The molecule has 2 heteroatoms. The lowest BCUT2D eigenvalue weighted by Gasteiger charge is -2.06.